The van der Waals surface area contributed by atoms with E-state index in [2.05, 4.69) is 20.3 Å². The molecule has 0 aliphatic carbocycles. The van der Waals surface area contributed by atoms with Gasteiger partial charge in [0, 0.05) is 5.75 Å². The summed E-state index contributed by atoms with van der Waals surface area (Å²) in [4.78, 5) is 24.4. The summed E-state index contributed by atoms with van der Waals surface area (Å²) in [6.45, 7) is 0.487. The fourth-order valence-electron chi connectivity index (χ4n) is 1.90. The van der Waals surface area contributed by atoms with Crippen LogP contribution in [-0.2, 0) is 0 Å². The number of fused-ring (bicyclic) bond motifs is 1. The number of nitrogens with zero attached hydrogens (tertiary/aromatic N) is 4. The number of rotatable bonds is 7. The van der Waals surface area contributed by atoms with Crippen molar-refractivity contribution in [3.63, 3.8) is 0 Å². The van der Waals surface area contributed by atoms with E-state index in [1.54, 1.807) is 12.1 Å². The van der Waals surface area contributed by atoms with Gasteiger partial charge < -0.3 is 9.84 Å². The van der Waals surface area contributed by atoms with Crippen molar-refractivity contribution in [2.24, 2.45) is 0 Å². The monoisotopic (exact) mass is 347 g/mol. The Balaban J connectivity index is 1.46. The van der Waals surface area contributed by atoms with Gasteiger partial charge in [0.05, 0.1) is 12.2 Å². The summed E-state index contributed by atoms with van der Waals surface area (Å²) >= 11 is 1.45. The zero-order valence-corrected chi connectivity index (χ0v) is 13.2. The molecule has 24 heavy (non-hydrogen) atoms. The number of carboxylic acid groups (broad SMARTS) is 1. The maximum Gasteiger partial charge on any atom is 0.335 e. The summed E-state index contributed by atoms with van der Waals surface area (Å²) in [7, 11) is 0. The summed E-state index contributed by atoms with van der Waals surface area (Å²) in [5.74, 6) is 0.694. The van der Waals surface area contributed by atoms with Crippen LogP contribution < -0.4 is 10.3 Å². The molecule has 0 atom stereocenters. The number of aromatic carboxylic acids is 1. The normalized spacial score (nSPS) is 10.8. The molecule has 0 aliphatic heterocycles. The molecule has 10 heteroatoms. The maximum atomic E-state index is 11.1. The average Bonchev–Trinajstić information content (AvgIpc) is 2.97. The van der Waals surface area contributed by atoms with Crippen molar-refractivity contribution >= 4 is 23.5 Å². The molecule has 2 heterocycles. The summed E-state index contributed by atoms with van der Waals surface area (Å²) in [6.07, 6.45) is 1.92. The minimum Gasteiger partial charge on any atom is -0.494 e. The van der Waals surface area contributed by atoms with Gasteiger partial charge in [0.2, 0.25) is 5.16 Å². The van der Waals surface area contributed by atoms with Crippen LogP contribution in [-0.4, -0.2) is 48.2 Å². The molecule has 1 aromatic carbocycles. The topological polar surface area (TPSA) is 122 Å². The molecule has 0 bridgehead atoms. The number of aromatic amines is 1. The number of hydrogen-bond acceptors (Lipinski definition) is 7. The standard InChI is InChI=1S/C14H13N5O4S/c20-11-8-15-19-13(16-11)17-18-14(19)24-7-1-6-23-10-4-2-9(3-5-10)12(21)22/h2-5,8H,1,6-7H2,(H,21,22)(H,16,17,20). The first-order chi connectivity index (χ1) is 11.6. The van der Waals surface area contributed by atoms with Crippen molar-refractivity contribution in [2.45, 2.75) is 11.6 Å². The number of aromatic nitrogens is 5. The van der Waals surface area contributed by atoms with Crippen LogP contribution in [0.1, 0.15) is 16.8 Å². The second-order valence-corrected chi connectivity index (χ2v) is 5.79. The Bertz CT molecular complexity index is 905. The number of carbonyl (C=O) groups is 1. The Morgan fingerprint density at radius 2 is 2.08 bits per heavy atom. The van der Waals surface area contributed by atoms with Crippen molar-refractivity contribution in [3.05, 3.63) is 46.4 Å². The predicted octanol–water partition coefficient (Wildman–Crippen LogP) is 1.07. The van der Waals surface area contributed by atoms with Gasteiger partial charge in [-0.05, 0) is 30.7 Å². The highest BCUT2D eigenvalue weighted by Crippen LogP contribution is 2.16. The quantitative estimate of drug-likeness (QED) is 0.481. The van der Waals surface area contributed by atoms with E-state index < -0.39 is 5.97 Å². The molecule has 124 valence electrons. The molecule has 9 nitrogen and oxygen atoms in total. The van der Waals surface area contributed by atoms with Gasteiger partial charge in [0.15, 0.2) is 0 Å². The van der Waals surface area contributed by atoms with Gasteiger partial charge in [0.1, 0.15) is 11.9 Å². The third-order valence-corrected chi connectivity index (χ3v) is 4.03. The summed E-state index contributed by atoms with van der Waals surface area (Å²) in [5, 5.41) is 21.2. The molecule has 0 saturated heterocycles. The van der Waals surface area contributed by atoms with E-state index in [0.717, 1.165) is 12.2 Å². The maximum absolute atomic E-state index is 11.1. The van der Waals surface area contributed by atoms with Crippen molar-refractivity contribution in [2.75, 3.05) is 12.4 Å². The van der Waals surface area contributed by atoms with Crippen molar-refractivity contribution < 1.29 is 14.6 Å². The first-order valence-corrected chi connectivity index (χ1v) is 8.02. The van der Waals surface area contributed by atoms with Gasteiger partial charge in [-0.2, -0.15) is 9.61 Å². The third-order valence-electron chi connectivity index (χ3n) is 3.03. The largest absolute Gasteiger partial charge is 0.494 e. The van der Waals surface area contributed by atoms with Crippen LogP contribution in [0.3, 0.4) is 0 Å². The van der Waals surface area contributed by atoms with E-state index in [1.807, 2.05) is 0 Å². The van der Waals surface area contributed by atoms with Gasteiger partial charge in [-0.3, -0.25) is 9.78 Å². The molecule has 0 spiro atoms. The third kappa shape index (κ3) is 3.71. The SMILES string of the molecule is O=C(O)c1ccc(OCCCSc2nnc3[nH]c(=O)cnn23)cc1. The van der Waals surface area contributed by atoms with E-state index >= 15 is 0 Å². The number of hydrogen-bond donors (Lipinski definition) is 2. The Morgan fingerprint density at radius 1 is 1.29 bits per heavy atom. The van der Waals surface area contributed by atoms with E-state index in [0.29, 0.717) is 23.3 Å². The lowest BCUT2D eigenvalue weighted by atomic mass is 10.2. The van der Waals surface area contributed by atoms with E-state index in [9.17, 15) is 9.59 Å². The van der Waals surface area contributed by atoms with Crippen LogP contribution in [0.25, 0.3) is 5.78 Å². The Labute approximate surface area is 139 Å². The number of benzene rings is 1. The second kappa shape index (κ2) is 7.13. The van der Waals surface area contributed by atoms with Crippen LogP contribution in [0.15, 0.2) is 40.4 Å². The number of ether oxygens (including phenoxy) is 1. The number of thioether (sulfide) groups is 1. The van der Waals surface area contributed by atoms with Gasteiger partial charge in [-0.1, -0.05) is 11.8 Å². The molecule has 0 radical (unpaired) electrons. The minimum absolute atomic E-state index is 0.224. The molecule has 3 rings (SSSR count). The lowest BCUT2D eigenvalue weighted by molar-refractivity contribution is 0.0697. The van der Waals surface area contributed by atoms with Gasteiger partial charge in [-0.25, -0.2) is 4.79 Å². The Kier molecular flexibility index (Phi) is 4.75. The fourth-order valence-corrected chi connectivity index (χ4v) is 2.70. The average molecular weight is 347 g/mol. The Morgan fingerprint density at radius 3 is 2.83 bits per heavy atom. The minimum atomic E-state index is -0.964. The van der Waals surface area contributed by atoms with Crippen molar-refractivity contribution in [1.82, 2.24) is 24.8 Å². The highest BCUT2D eigenvalue weighted by atomic mass is 32.2. The van der Waals surface area contributed by atoms with E-state index in [4.69, 9.17) is 9.84 Å². The lowest BCUT2D eigenvalue weighted by Gasteiger charge is -2.05. The van der Waals surface area contributed by atoms with Gasteiger partial charge in [-0.15, -0.1) is 10.2 Å². The van der Waals surface area contributed by atoms with Gasteiger partial charge in [0.25, 0.3) is 11.3 Å². The molecule has 0 aliphatic rings. The number of H-pyrrole nitrogens is 1. The molecule has 3 aromatic rings. The highest BCUT2D eigenvalue weighted by Gasteiger charge is 2.07. The summed E-state index contributed by atoms with van der Waals surface area (Å²) < 4.78 is 7.02. The number of carboxylic acids is 1. The zero-order valence-electron chi connectivity index (χ0n) is 12.4. The highest BCUT2D eigenvalue weighted by molar-refractivity contribution is 7.99. The predicted molar refractivity (Wildman–Crippen MR) is 85.6 cm³/mol. The first-order valence-electron chi connectivity index (χ1n) is 7.03. The molecule has 0 unspecified atom stereocenters. The van der Waals surface area contributed by atoms with Crippen LogP contribution in [0.4, 0.5) is 0 Å². The van der Waals surface area contributed by atoms with Gasteiger partial charge >= 0.3 is 5.97 Å². The second-order valence-electron chi connectivity index (χ2n) is 4.73. The first kappa shape index (κ1) is 16.0. The number of nitrogens with one attached hydrogen (secondary N) is 1. The molecular weight excluding hydrogens is 334 g/mol. The lowest BCUT2D eigenvalue weighted by Crippen LogP contribution is -2.09. The molecule has 2 N–H and O–H groups in total. The van der Waals surface area contributed by atoms with E-state index in [1.165, 1.54) is 34.6 Å². The van der Waals surface area contributed by atoms with Crippen LogP contribution in [0.2, 0.25) is 0 Å². The van der Waals surface area contributed by atoms with Crippen LogP contribution in [0, 0.1) is 0 Å². The molecule has 2 aromatic heterocycles. The van der Waals surface area contributed by atoms with Crippen LogP contribution >= 0.6 is 11.8 Å². The molecule has 0 fully saturated rings. The summed E-state index contributed by atoms with van der Waals surface area (Å²) in [5.41, 5.74) is -0.101. The zero-order chi connectivity index (χ0) is 16.9. The molecular formula is C14H13N5O4S. The molecule has 0 saturated carbocycles. The summed E-state index contributed by atoms with van der Waals surface area (Å²) in [6, 6.07) is 6.26. The van der Waals surface area contributed by atoms with Crippen LogP contribution in [0.5, 0.6) is 5.75 Å². The Hall–Kier alpha value is -2.88. The fraction of sp³-hybridized carbons (Fsp3) is 0.214. The smallest absolute Gasteiger partial charge is 0.335 e. The van der Waals surface area contributed by atoms with Crippen molar-refractivity contribution in [3.8, 4) is 5.75 Å². The van der Waals surface area contributed by atoms with E-state index in [-0.39, 0.29) is 11.1 Å². The van der Waals surface area contributed by atoms with Crippen molar-refractivity contribution in [1.29, 1.82) is 0 Å². The molecule has 0 amide bonds.